The smallest absolute Gasteiger partial charge is 0.323 e. The lowest BCUT2D eigenvalue weighted by molar-refractivity contribution is -0.125. The third-order valence-electron chi connectivity index (χ3n) is 3.98. The Morgan fingerprint density at radius 3 is 2.64 bits per heavy atom. The van der Waals surface area contributed by atoms with Gasteiger partial charge < -0.3 is 15.3 Å². The number of hydrogen-bond acceptors (Lipinski definition) is 3. The van der Waals surface area contributed by atoms with Crippen LogP contribution in [0.25, 0.3) is 11.0 Å². The van der Waals surface area contributed by atoms with Crippen LogP contribution in [-0.2, 0) is 11.3 Å². The number of aromatic nitrogens is 2. The summed E-state index contributed by atoms with van der Waals surface area (Å²) in [5.41, 5.74) is 2.58. The van der Waals surface area contributed by atoms with Crippen LogP contribution in [0.2, 0.25) is 0 Å². The maximum atomic E-state index is 13.5. The van der Waals surface area contributed by atoms with E-state index in [9.17, 15) is 14.0 Å². The highest BCUT2D eigenvalue weighted by Gasteiger charge is 2.23. The van der Waals surface area contributed by atoms with Crippen LogP contribution in [-0.4, -0.2) is 34.9 Å². The van der Waals surface area contributed by atoms with Gasteiger partial charge in [-0.1, -0.05) is 18.2 Å². The SMILES string of the molecule is CN(C)C(C(=O)NCc1ccc2[nH]c(=O)[nH]c2c1)c1cccc(F)c1. The molecule has 0 bridgehead atoms. The van der Waals surface area contributed by atoms with Crippen LogP contribution >= 0.6 is 0 Å². The molecule has 25 heavy (non-hydrogen) atoms. The zero-order chi connectivity index (χ0) is 18.0. The summed E-state index contributed by atoms with van der Waals surface area (Å²) in [7, 11) is 3.54. The first-order valence-electron chi connectivity index (χ1n) is 7.84. The Morgan fingerprint density at radius 1 is 1.16 bits per heavy atom. The summed E-state index contributed by atoms with van der Waals surface area (Å²) in [4.78, 5) is 31.0. The number of rotatable bonds is 5. The number of hydrogen-bond donors (Lipinski definition) is 3. The third kappa shape index (κ3) is 3.77. The van der Waals surface area contributed by atoms with Crippen molar-refractivity contribution in [1.29, 1.82) is 0 Å². The Labute approximate surface area is 143 Å². The fraction of sp³-hybridized carbons (Fsp3) is 0.222. The summed E-state index contributed by atoms with van der Waals surface area (Å²) in [5.74, 6) is -0.600. The van der Waals surface area contributed by atoms with Gasteiger partial charge in [0.15, 0.2) is 0 Å². The van der Waals surface area contributed by atoms with Crippen molar-refractivity contribution >= 4 is 16.9 Å². The molecular weight excluding hydrogens is 323 g/mol. The second-order valence-electron chi connectivity index (χ2n) is 6.10. The summed E-state index contributed by atoms with van der Waals surface area (Å²) >= 11 is 0. The zero-order valence-corrected chi connectivity index (χ0v) is 14.0. The molecule has 2 aromatic carbocycles. The van der Waals surface area contributed by atoms with E-state index in [1.807, 2.05) is 6.07 Å². The maximum Gasteiger partial charge on any atom is 0.323 e. The molecule has 0 fully saturated rings. The molecule has 130 valence electrons. The van der Waals surface area contributed by atoms with Crippen molar-refractivity contribution in [3.05, 3.63) is 69.9 Å². The van der Waals surface area contributed by atoms with Crippen LogP contribution in [0.4, 0.5) is 4.39 Å². The van der Waals surface area contributed by atoms with Gasteiger partial charge in [0.05, 0.1) is 11.0 Å². The standard InChI is InChI=1S/C18H19FN4O2/c1-23(2)16(12-4-3-5-13(19)9-12)17(24)20-10-11-6-7-14-15(8-11)22-18(25)21-14/h3-9,16H,10H2,1-2H3,(H,20,24)(H2,21,22,25). The lowest BCUT2D eigenvalue weighted by Gasteiger charge is -2.24. The molecule has 3 N–H and O–H groups in total. The number of likely N-dealkylation sites (N-methyl/N-ethyl adjacent to an activating group) is 1. The van der Waals surface area contributed by atoms with Gasteiger partial charge in [0.1, 0.15) is 11.9 Å². The van der Waals surface area contributed by atoms with Gasteiger partial charge in [-0.3, -0.25) is 9.69 Å². The second kappa shape index (κ2) is 6.90. The number of amides is 1. The third-order valence-corrected chi connectivity index (χ3v) is 3.98. The number of carbonyl (C=O) groups excluding carboxylic acids is 1. The molecule has 0 saturated carbocycles. The monoisotopic (exact) mass is 342 g/mol. The molecular formula is C18H19FN4O2. The first-order valence-corrected chi connectivity index (χ1v) is 7.84. The Morgan fingerprint density at radius 2 is 1.92 bits per heavy atom. The second-order valence-corrected chi connectivity index (χ2v) is 6.10. The Kier molecular flexibility index (Phi) is 4.67. The molecule has 7 heteroatoms. The number of aromatic amines is 2. The highest BCUT2D eigenvalue weighted by atomic mass is 19.1. The minimum atomic E-state index is -0.591. The van der Waals surface area contributed by atoms with Crippen LogP contribution in [0.3, 0.4) is 0 Å². The molecule has 3 rings (SSSR count). The average Bonchev–Trinajstić information content (AvgIpc) is 2.92. The summed E-state index contributed by atoms with van der Waals surface area (Å²) < 4.78 is 13.5. The van der Waals surface area contributed by atoms with E-state index in [2.05, 4.69) is 15.3 Å². The van der Waals surface area contributed by atoms with E-state index in [0.29, 0.717) is 23.1 Å². The van der Waals surface area contributed by atoms with Gasteiger partial charge in [0, 0.05) is 6.54 Å². The van der Waals surface area contributed by atoms with Crippen LogP contribution in [0.5, 0.6) is 0 Å². The van der Waals surface area contributed by atoms with E-state index in [0.717, 1.165) is 5.56 Å². The van der Waals surface area contributed by atoms with E-state index in [1.54, 1.807) is 43.3 Å². The predicted molar refractivity (Wildman–Crippen MR) is 93.6 cm³/mol. The summed E-state index contributed by atoms with van der Waals surface area (Å²) in [5, 5.41) is 2.86. The van der Waals surface area contributed by atoms with E-state index in [1.165, 1.54) is 12.1 Å². The van der Waals surface area contributed by atoms with Crippen molar-refractivity contribution in [2.45, 2.75) is 12.6 Å². The van der Waals surface area contributed by atoms with Crippen molar-refractivity contribution < 1.29 is 9.18 Å². The van der Waals surface area contributed by atoms with Crippen LogP contribution in [0, 0.1) is 5.82 Å². The topological polar surface area (TPSA) is 81.0 Å². The van der Waals surface area contributed by atoms with Crippen molar-refractivity contribution in [2.24, 2.45) is 0 Å². The lowest BCUT2D eigenvalue weighted by Crippen LogP contribution is -2.36. The molecule has 0 aliphatic rings. The van der Waals surface area contributed by atoms with Crippen LogP contribution in [0.15, 0.2) is 47.3 Å². The number of carbonyl (C=O) groups is 1. The number of nitrogens with one attached hydrogen (secondary N) is 3. The molecule has 1 amide bonds. The first-order chi connectivity index (χ1) is 11.9. The van der Waals surface area contributed by atoms with E-state index in [-0.39, 0.29) is 17.4 Å². The van der Waals surface area contributed by atoms with Gasteiger partial charge in [0.25, 0.3) is 0 Å². The summed E-state index contributed by atoms with van der Waals surface area (Å²) in [6.45, 7) is 0.307. The molecule has 3 aromatic rings. The van der Waals surface area contributed by atoms with Gasteiger partial charge in [-0.25, -0.2) is 9.18 Å². The lowest BCUT2D eigenvalue weighted by atomic mass is 10.0. The molecule has 0 spiro atoms. The van der Waals surface area contributed by atoms with Crippen LogP contribution < -0.4 is 11.0 Å². The maximum absolute atomic E-state index is 13.5. The highest BCUT2D eigenvalue weighted by Crippen LogP contribution is 2.19. The fourth-order valence-electron chi connectivity index (χ4n) is 2.84. The van der Waals surface area contributed by atoms with E-state index < -0.39 is 6.04 Å². The minimum Gasteiger partial charge on any atom is -0.350 e. The van der Waals surface area contributed by atoms with Crippen LogP contribution in [0.1, 0.15) is 17.2 Å². The average molecular weight is 342 g/mol. The predicted octanol–water partition coefficient (Wildman–Crippen LogP) is 1.91. The van der Waals surface area contributed by atoms with Crippen molar-refractivity contribution in [3.8, 4) is 0 Å². The number of benzene rings is 2. The van der Waals surface area contributed by atoms with E-state index in [4.69, 9.17) is 0 Å². The highest BCUT2D eigenvalue weighted by molar-refractivity contribution is 5.83. The first kappa shape index (κ1) is 16.9. The van der Waals surface area contributed by atoms with Crippen molar-refractivity contribution in [3.63, 3.8) is 0 Å². The molecule has 1 unspecified atom stereocenters. The number of nitrogens with zero attached hydrogens (tertiary/aromatic N) is 1. The Bertz CT molecular complexity index is 961. The van der Waals surface area contributed by atoms with Gasteiger partial charge in [0.2, 0.25) is 5.91 Å². The van der Waals surface area contributed by atoms with Gasteiger partial charge in [-0.2, -0.15) is 0 Å². The molecule has 0 aliphatic heterocycles. The quantitative estimate of drug-likeness (QED) is 0.663. The number of H-pyrrole nitrogens is 2. The molecule has 1 heterocycles. The normalized spacial score (nSPS) is 12.5. The zero-order valence-electron chi connectivity index (χ0n) is 14.0. The van der Waals surface area contributed by atoms with Gasteiger partial charge in [-0.05, 0) is 49.5 Å². The molecule has 0 saturated heterocycles. The van der Waals surface area contributed by atoms with Crippen molar-refractivity contribution in [2.75, 3.05) is 14.1 Å². The summed E-state index contributed by atoms with van der Waals surface area (Å²) in [6.07, 6.45) is 0. The molecule has 0 aliphatic carbocycles. The Hall–Kier alpha value is -2.93. The molecule has 6 nitrogen and oxygen atoms in total. The number of fused-ring (bicyclic) bond motifs is 1. The largest absolute Gasteiger partial charge is 0.350 e. The minimum absolute atomic E-state index is 0.224. The van der Waals surface area contributed by atoms with Gasteiger partial charge >= 0.3 is 5.69 Å². The fourth-order valence-corrected chi connectivity index (χ4v) is 2.84. The molecule has 0 radical (unpaired) electrons. The van der Waals surface area contributed by atoms with Crippen molar-refractivity contribution in [1.82, 2.24) is 20.2 Å². The number of imidazole rings is 1. The Balaban J connectivity index is 1.75. The van der Waals surface area contributed by atoms with E-state index >= 15 is 0 Å². The number of halogens is 1. The molecule has 1 aromatic heterocycles. The summed E-state index contributed by atoms with van der Waals surface area (Å²) in [6, 6.07) is 10.9. The van der Waals surface area contributed by atoms with Gasteiger partial charge in [-0.15, -0.1) is 0 Å². The molecule has 1 atom stereocenters.